The van der Waals surface area contributed by atoms with Crippen LogP contribution in [0.2, 0.25) is 0 Å². The molecule has 0 bridgehead atoms. The number of halogens is 1. The number of hydrogen-bond donors (Lipinski definition) is 0. The van der Waals surface area contributed by atoms with Gasteiger partial charge in [-0.3, -0.25) is 0 Å². The van der Waals surface area contributed by atoms with Crippen LogP contribution in [0.25, 0.3) is 20.7 Å². The minimum atomic E-state index is -0.211. The van der Waals surface area contributed by atoms with Crippen LogP contribution in [-0.2, 0) is 0 Å². The summed E-state index contributed by atoms with van der Waals surface area (Å²) in [7, 11) is 0. The standard InChI is InChI=1S/C16H14FN3S/c17-12-5-3-11(4-6-12)14-9-13-15(21-14)16(19-10-18-13)20-7-1-2-8-20/h3-6,9-10H,1-2,7-8H2. The maximum Gasteiger partial charge on any atom is 0.150 e. The summed E-state index contributed by atoms with van der Waals surface area (Å²) < 4.78 is 14.2. The maximum absolute atomic E-state index is 13.0. The zero-order valence-corrected chi connectivity index (χ0v) is 12.2. The number of anilines is 1. The summed E-state index contributed by atoms with van der Waals surface area (Å²) in [6, 6.07) is 8.67. The molecule has 1 aliphatic heterocycles. The van der Waals surface area contributed by atoms with E-state index in [9.17, 15) is 4.39 Å². The van der Waals surface area contributed by atoms with Crippen LogP contribution in [0.4, 0.5) is 10.2 Å². The van der Waals surface area contributed by atoms with Gasteiger partial charge in [-0.2, -0.15) is 0 Å². The van der Waals surface area contributed by atoms with Gasteiger partial charge in [0.05, 0.1) is 10.2 Å². The minimum Gasteiger partial charge on any atom is -0.355 e. The highest BCUT2D eigenvalue weighted by molar-refractivity contribution is 7.22. The van der Waals surface area contributed by atoms with E-state index in [1.165, 1.54) is 25.0 Å². The third-order valence-corrected chi connectivity index (χ3v) is 5.00. The van der Waals surface area contributed by atoms with Crippen molar-refractivity contribution < 1.29 is 4.39 Å². The Balaban J connectivity index is 1.82. The van der Waals surface area contributed by atoms with E-state index in [4.69, 9.17) is 0 Å². The lowest BCUT2D eigenvalue weighted by atomic mass is 10.2. The summed E-state index contributed by atoms with van der Waals surface area (Å²) in [4.78, 5) is 12.3. The number of rotatable bonds is 2. The van der Waals surface area contributed by atoms with E-state index in [1.807, 2.05) is 12.1 Å². The van der Waals surface area contributed by atoms with Crippen LogP contribution in [0.1, 0.15) is 12.8 Å². The fraction of sp³-hybridized carbons (Fsp3) is 0.250. The lowest BCUT2D eigenvalue weighted by Gasteiger charge is -2.16. The van der Waals surface area contributed by atoms with Crippen LogP contribution < -0.4 is 4.90 Å². The molecule has 21 heavy (non-hydrogen) atoms. The summed E-state index contributed by atoms with van der Waals surface area (Å²) in [5.41, 5.74) is 1.99. The summed E-state index contributed by atoms with van der Waals surface area (Å²) >= 11 is 1.68. The van der Waals surface area contributed by atoms with E-state index in [1.54, 1.807) is 17.7 Å². The van der Waals surface area contributed by atoms with Crippen LogP contribution in [0.5, 0.6) is 0 Å². The molecule has 3 nitrogen and oxygen atoms in total. The fourth-order valence-electron chi connectivity index (χ4n) is 2.75. The number of hydrogen-bond acceptors (Lipinski definition) is 4. The molecule has 106 valence electrons. The first-order valence-electron chi connectivity index (χ1n) is 7.07. The van der Waals surface area contributed by atoms with Gasteiger partial charge in [-0.25, -0.2) is 14.4 Å². The predicted molar refractivity (Wildman–Crippen MR) is 84.3 cm³/mol. The first-order chi connectivity index (χ1) is 10.3. The molecule has 2 aromatic heterocycles. The number of benzene rings is 1. The molecule has 0 radical (unpaired) electrons. The summed E-state index contributed by atoms with van der Waals surface area (Å²) in [6.07, 6.45) is 4.08. The molecule has 0 N–H and O–H groups in total. The van der Waals surface area contributed by atoms with E-state index in [0.29, 0.717) is 0 Å². The highest BCUT2D eigenvalue weighted by Crippen LogP contribution is 2.37. The Labute approximate surface area is 126 Å². The topological polar surface area (TPSA) is 29.0 Å². The molecule has 0 unspecified atom stereocenters. The largest absolute Gasteiger partial charge is 0.355 e. The summed E-state index contributed by atoms with van der Waals surface area (Å²) in [5, 5.41) is 0. The van der Waals surface area contributed by atoms with Crippen LogP contribution >= 0.6 is 11.3 Å². The molecule has 5 heteroatoms. The van der Waals surface area contributed by atoms with Crippen LogP contribution in [0.3, 0.4) is 0 Å². The van der Waals surface area contributed by atoms with Crippen LogP contribution in [0, 0.1) is 5.82 Å². The molecule has 0 atom stereocenters. The van der Waals surface area contributed by atoms with E-state index in [-0.39, 0.29) is 5.82 Å². The van der Waals surface area contributed by atoms with Crippen molar-refractivity contribution in [1.29, 1.82) is 0 Å². The fourth-order valence-corrected chi connectivity index (χ4v) is 3.89. The molecule has 3 aromatic rings. The van der Waals surface area contributed by atoms with Gasteiger partial charge in [-0.05, 0) is 36.6 Å². The number of fused-ring (bicyclic) bond motifs is 1. The van der Waals surface area contributed by atoms with Gasteiger partial charge in [0.1, 0.15) is 18.0 Å². The second kappa shape index (κ2) is 5.07. The number of aromatic nitrogens is 2. The first-order valence-corrected chi connectivity index (χ1v) is 7.88. The van der Waals surface area contributed by atoms with Crippen molar-refractivity contribution in [1.82, 2.24) is 9.97 Å². The average Bonchev–Trinajstić information content (AvgIpc) is 3.17. The number of nitrogens with zero attached hydrogens (tertiary/aromatic N) is 3. The SMILES string of the molecule is Fc1ccc(-c2cc3ncnc(N4CCCC4)c3s2)cc1. The van der Waals surface area contributed by atoms with Gasteiger partial charge in [0, 0.05) is 18.0 Å². The highest BCUT2D eigenvalue weighted by Gasteiger charge is 2.18. The minimum absolute atomic E-state index is 0.211. The first kappa shape index (κ1) is 12.7. The zero-order chi connectivity index (χ0) is 14.2. The summed E-state index contributed by atoms with van der Waals surface area (Å²) in [5.74, 6) is 0.827. The molecule has 1 fully saturated rings. The Morgan fingerprint density at radius 3 is 2.57 bits per heavy atom. The van der Waals surface area contributed by atoms with Crippen molar-refractivity contribution in [3.63, 3.8) is 0 Å². The normalized spacial score (nSPS) is 15.0. The van der Waals surface area contributed by atoms with Crippen molar-refractivity contribution in [2.24, 2.45) is 0 Å². The smallest absolute Gasteiger partial charge is 0.150 e. The Morgan fingerprint density at radius 2 is 1.81 bits per heavy atom. The third kappa shape index (κ3) is 2.27. The third-order valence-electron chi connectivity index (χ3n) is 3.83. The molecule has 1 aliphatic rings. The number of thiophene rings is 1. The Bertz CT molecular complexity index is 776. The van der Waals surface area contributed by atoms with Crippen molar-refractivity contribution in [3.05, 3.63) is 42.5 Å². The molecular weight excluding hydrogens is 285 g/mol. The second-order valence-electron chi connectivity index (χ2n) is 5.22. The van der Waals surface area contributed by atoms with E-state index in [2.05, 4.69) is 20.9 Å². The quantitative estimate of drug-likeness (QED) is 0.713. The molecule has 0 amide bonds. The van der Waals surface area contributed by atoms with E-state index >= 15 is 0 Å². The van der Waals surface area contributed by atoms with Gasteiger partial charge in [-0.1, -0.05) is 12.1 Å². The van der Waals surface area contributed by atoms with Crippen molar-refractivity contribution in [3.8, 4) is 10.4 Å². The van der Waals surface area contributed by atoms with Gasteiger partial charge in [0.15, 0.2) is 0 Å². The van der Waals surface area contributed by atoms with Crippen molar-refractivity contribution in [2.75, 3.05) is 18.0 Å². The predicted octanol–water partition coefficient (Wildman–Crippen LogP) is 4.10. The lowest BCUT2D eigenvalue weighted by molar-refractivity contribution is 0.628. The van der Waals surface area contributed by atoms with Gasteiger partial charge in [-0.15, -0.1) is 11.3 Å². The highest BCUT2D eigenvalue weighted by atomic mass is 32.1. The molecule has 0 saturated carbocycles. The lowest BCUT2D eigenvalue weighted by Crippen LogP contribution is -2.18. The van der Waals surface area contributed by atoms with Gasteiger partial charge < -0.3 is 4.90 Å². The molecule has 0 aliphatic carbocycles. The van der Waals surface area contributed by atoms with Crippen LogP contribution in [0.15, 0.2) is 36.7 Å². The van der Waals surface area contributed by atoms with Gasteiger partial charge in [0.25, 0.3) is 0 Å². The molecule has 1 aromatic carbocycles. The zero-order valence-electron chi connectivity index (χ0n) is 11.4. The van der Waals surface area contributed by atoms with Crippen molar-refractivity contribution in [2.45, 2.75) is 12.8 Å². The van der Waals surface area contributed by atoms with E-state index < -0.39 is 0 Å². The van der Waals surface area contributed by atoms with Gasteiger partial charge in [0.2, 0.25) is 0 Å². The Morgan fingerprint density at radius 1 is 1.05 bits per heavy atom. The van der Waals surface area contributed by atoms with Crippen LogP contribution in [-0.4, -0.2) is 23.1 Å². The Hall–Kier alpha value is -2.01. The molecule has 1 saturated heterocycles. The average molecular weight is 299 g/mol. The van der Waals surface area contributed by atoms with Gasteiger partial charge >= 0.3 is 0 Å². The molecular formula is C16H14FN3S. The summed E-state index contributed by atoms with van der Waals surface area (Å²) in [6.45, 7) is 2.13. The van der Waals surface area contributed by atoms with Crippen molar-refractivity contribution >= 4 is 27.4 Å². The Kier molecular flexibility index (Phi) is 3.07. The molecule has 4 rings (SSSR count). The maximum atomic E-state index is 13.0. The van der Waals surface area contributed by atoms with E-state index in [0.717, 1.165) is 39.6 Å². The second-order valence-corrected chi connectivity index (χ2v) is 6.28. The molecule has 3 heterocycles. The molecule has 0 spiro atoms. The monoisotopic (exact) mass is 299 g/mol.